The Morgan fingerprint density at radius 3 is 2.45 bits per heavy atom. The quantitative estimate of drug-likeness (QED) is 0.511. The lowest BCUT2D eigenvalue weighted by molar-refractivity contribution is 0.415. The summed E-state index contributed by atoms with van der Waals surface area (Å²) in [5, 5.41) is 0.891. The summed E-state index contributed by atoms with van der Waals surface area (Å²) in [6.45, 7) is 6.60. The molecule has 0 atom stereocenters. The van der Waals surface area contributed by atoms with E-state index < -0.39 is 0 Å². The van der Waals surface area contributed by atoms with E-state index in [0.29, 0.717) is 0 Å². The second-order valence-corrected chi connectivity index (χ2v) is 8.69. The zero-order valence-electron chi connectivity index (χ0n) is 17.4. The highest BCUT2D eigenvalue weighted by Crippen LogP contribution is 2.28. The molecule has 2 aliphatic rings. The number of thioether (sulfide) groups is 1. The van der Waals surface area contributed by atoms with Crippen LogP contribution in [0.4, 0.5) is 11.5 Å². The van der Waals surface area contributed by atoms with Gasteiger partial charge in [0.1, 0.15) is 11.6 Å². The number of piperazine rings is 1. The lowest BCUT2D eigenvalue weighted by Gasteiger charge is -2.37. The van der Waals surface area contributed by atoms with E-state index in [1.54, 1.807) is 18.9 Å². The van der Waals surface area contributed by atoms with E-state index in [9.17, 15) is 4.79 Å². The molecule has 1 saturated heterocycles. The summed E-state index contributed by atoms with van der Waals surface area (Å²) in [5.41, 5.74) is 2.32. The molecule has 0 spiro atoms. The van der Waals surface area contributed by atoms with Crippen molar-refractivity contribution in [2.45, 2.75) is 44.3 Å². The molecule has 7 heteroatoms. The molecule has 0 bridgehead atoms. The van der Waals surface area contributed by atoms with Crippen LogP contribution in [0.2, 0.25) is 0 Å². The zero-order valence-corrected chi connectivity index (χ0v) is 18.2. The first-order valence-electron chi connectivity index (χ1n) is 10.6. The van der Waals surface area contributed by atoms with Gasteiger partial charge in [-0.2, -0.15) is 0 Å². The van der Waals surface area contributed by atoms with Crippen molar-refractivity contribution in [2.75, 3.05) is 48.8 Å². The topological polar surface area (TPSA) is 50.6 Å². The van der Waals surface area contributed by atoms with Gasteiger partial charge in [0.2, 0.25) is 0 Å². The number of benzene rings is 1. The van der Waals surface area contributed by atoms with Crippen molar-refractivity contribution in [3.05, 3.63) is 40.2 Å². The highest BCUT2D eigenvalue weighted by molar-refractivity contribution is 7.99. The molecule has 2 aliphatic heterocycles. The van der Waals surface area contributed by atoms with Gasteiger partial charge >= 0.3 is 0 Å². The van der Waals surface area contributed by atoms with E-state index in [-0.39, 0.29) is 5.56 Å². The predicted molar refractivity (Wildman–Crippen MR) is 120 cm³/mol. The summed E-state index contributed by atoms with van der Waals surface area (Å²) < 4.78 is 7.14. The molecule has 0 radical (unpaired) electrons. The third-order valence-electron chi connectivity index (χ3n) is 5.80. The number of methoxy groups -OCH3 is 1. The van der Waals surface area contributed by atoms with Crippen LogP contribution in [0.15, 0.2) is 34.2 Å². The number of unbranched alkanes of at least 4 members (excludes halogenated alkanes) is 2. The lowest BCUT2D eigenvalue weighted by atomic mass is 10.1. The van der Waals surface area contributed by atoms with Gasteiger partial charge in [-0.1, -0.05) is 31.5 Å². The second kappa shape index (κ2) is 9.11. The third-order valence-corrected chi connectivity index (χ3v) is 6.76. The van der Waals surface area contributed by atoms with Crippen LogP contribution in [0.1, 0.15) is 31.7 Å². The largest absolute Gasteiger partial charge is 0.497 e. The van der Waals surface area contributed by atoms with Crippen molar-refractivity contribution >= 4 is 23.3 Å². The molecule has 3 heterocycles. The Labute approximate surface area is 176 Å². The Balaban J connectivity index is 1.52. The van der Waals surface area contributed by atoms with Gasteiger partial charge in [-0.25, -0.2) is 4.98 Å². The van der Waals surface area contributed by atoms with E-state index in [1.807, 2.05) is 16.7 Å². The fraction of sp³-hybridized carbons (Fsp3) is 0.545. The third kappa shape index (κ3) is 4.25. The highest BCUT2D eigenvalue weighted by Gasteiger charge is 2.26. The fourth-order valence-corrected chi connectivity index (χ4v) is 5.04. The average Bonchev–Trinajstić information content (AvgIpc) is 3.24. The maximum Gasteiger partial charge on any atom is 0.259 e. The van der Waals surface area contributed by atoms with Gasteiger partial charge in [0.05, 0.1) is 12.7 Å². The minimum Gasteiger partial charge on any atom is -0.497 e. The summed E-state index contributed by atoms with van der Waals surface area (Å²) in [5.74, 6) is 2.76. The fourth-order valence-electron chi connectivity index (χ4n) is 4.10. The van der Waals surface area contributed by atoms with Crippen molar-refractivity contribution in [2.24, 2.45) is 0 Å². The monoisotopic (exact) mass is 414 g/mol. The number of fused-ring (bicyclic) bond motifs is 1. The van der Waals surface area contributed by atoms with E-state index in [1.165, 1.54) is 5.69 Å². The van der Waals surface area contributed by atoms with Crippen LogP contribution < -0.4 is 20.1 Å². The van der Waals surface area contributed by atoms with E-state index in [4.69, 9.17) is 9.72 Å². The molecular formula is C22H30N4O2S. The van der Waals surface area contributed by atoms with Crippen LogP contribution >= 0.6 is 11.8 Å². The normalized spacial score (nSPS) is 16.2. The van der Waals surface area contributed by atoms with Crippen molar-refractivity contribution in [3.8, 4) is 5.75 Å². The molecule has 29 heavy (non-hydrogen) atoms. The van der Waals surface area contributed by atoms with Crippen LogP contribution in [0.25, 0.3) is 0 Å². The SMILES string of the molecule is CCCCCc1c(N2CCN(c3ccc(OC)cc3)CC2)nc2n(c1=O)CCS2. The first kappa shape index (κ1) is 20.1. The Morgan fingerprint density at radius 1 is 1.03 bits per heavy atom. The second-order valence-electron chi connectivity index (χ2n) is 7.63. The molecule has 0 aliphatic carbocycles. The van der Waals surface area contributed by atoms with Crippen LogP contribution in [-0.2, 0) is 13.0 Å². The Kier molecular flexibility index (Phi) is 6.33. The minimum absolute atomic E-state index is 0.184. The average molecular weight is 415 g/mol. The Morgan fingerprint density at radius 2 is 1.76 bits per heavy atom. The van der Waals surface area contributed by atoms with Crippen molar-refractivity contribution in [1.82, 2.24) is 9.55 Å². The van der Waals surface area contributed by atoms with Crippen LogP contribution in [0.3, 0.4) is 0 Å². The van der Waals surface area contributed by atoms with Gasteiger partial charge in [-0.05, 0) is 37.1 Å². The number of hydrogen-bond acceptors (Lipinski definition) is 6. The molecule has 2 aromatic rings. The number of ether oxygens (including phenoxy) is 1. The number of anilines is 2. The highest BCUT2D eigenvalue weighted by atomic mass is 32.2. The maximum absolute atomic E-state index is 13.1. The Bertz CT molecular complexity index is 889. The van der Waals surface area contributed by atoms with Gasteiger partial charge in [0.15, 0.2) is 5.16 Å². The number of rotatable bonds is 7. The van der Waals surface area contributed by atoms with Crippen LogP contribution in [-0.4, -0.2) is 48.6 Å². The summed E-state index contributed by atoms with van der Waals surface area (Å²) in [6, 6.07) is 8.24. The molecule has 1 aromatic carbocycles. The predicted octanol–water partition coefficient (Wildman–Crippen LogP) is 3.42. The summed E-state index contributed by atoms with van der Waals surface area (Å²) in [4.78, 5) is 22.8. The van der Waals surface area contributed by atoms with Gasteiger partial charge in [0, 0.05) is 44.2 Å². The zero-order chi connectivity index (χ0) is 20.2. The van der Waals surface area contributed by atoms with Crippen LogP contribution in [0.5, 0.6) is 5.75 Å². The summed E-state index contributed by atoms with van der Waals surface area (Å²) >= 11 is 1.70. The standard InChI is InChI=1S/C22H30N4O2S/c1-3-4-5-6-19-20(23-22-26(21(19)27)15-16-29-22)25-13-11-24(12-14-25)17-7-9-18(28-2)10-8-17/h7-10H,3-6,11-16H2,1-2H3. The van der Waals surface area contributed by atoms with Crippen molar-refractivity contribution < 1.29 is 4.74 Å². The lowest BCUT2D eigenvalue weighted by Crippen LogP contribution is -2.48. The summed E-state index contributed by atoms with van der Waals surface area (Å²) in [6.07, 6.45) is 4.20. The van der Waals surface area contributed by atoms with Crippen LogP contribution in [0, 0.1) is 0 Å². The molecule has 0 unspecified atom stereocenters. The van der Waals surface area contributed by atoms with Gasteiger partial charge < -0.3 is 14.5 Å². The van der Waals surface area contributed by atoms with Gasteiger partial charge in [-0.3, -0.25) is 9.36 Å². The number of hydrogen-bond donors (Lipinski definition) is 0. The molecule has 1 fully saturated rings. The van der Waals surface area contributed by atoms with Crippen molar-refractivity contribution in [3.63, 3.8) is 0 Å². The molecule has 0 N–H and O–H groups in total. The maximum atomic E-state index is 13.1. The molecule has 6 nitrogen and oxygen atoms in total. The molecule has 0 amide bonds. The first-order chi connectivity index (χ1) is 14.2. The first-order valence-corrected chi connectivity index (χ1v) is 11.6. The van der Waals surface area contributed by atoms with E-state index in [0.717, 1.165) is 86.4 Å². The molecule has 156 valence electrons. The molecule has 1 aromatic heterocycles. The van der Waals surface area contributed by atoms with Gasteiger partial charge in [-0.15, -0.1) is 0 Å². The molecule has 4 rings (SSSR count). The summed E-state index contributed by atoms with van der Waals surface area (Å²) in [7, 11) is 1.69. The molecule has 0 saturated carbocycles. The smallest absolute Gasteiger partial charge is 0.259 e. The Hall–Kier alpha value is -2.15. The van der Waals surface area contributed by atoms with E-state index in [2.05, 4.69) is 28.9 Å². The number of nitrogens with zero attached hydrogens (tertiary/aromatic N) is 4. The van der Waals surface area contributed by atoms with Gasteiger partial charge in [0.25, 0.3) is 5.56 Å². The minimum atomic E-state index is 0.184. The molecular weight excluding hydrogens is 384 g/mol. The van der Waals surface area contributed by atoms with E-state index >= 15 is 0 Å². The van der Waals surface area contributed by atoms with Crippen molar-refractivity contribution in [1.29, 1.82) is 0 Å². The number of aromatic nitrogens is 2.